The van der Waals surface area contributed by atoms with Crippen LogP contribution in [0.5, 0.6) is 0 Å². The number of phosphoric ester groups is 1. The zero-order chi connectivity index (χ0) is 42.8. The molecular weight excluding hydrogens is 757 g/mol. The summed E-state index contributed by atoms with van der Waals surface area (Å²) in [5.74, 6) is -2.42. The van der Waals surface area contributed by atoms with Crippen molar-refractivity contribution < 1.29 is 47.5 Å². The van der Waals surface area contributed by atoms with Crippen LogP contribution in [-0.4, -0.2) is 59.9 Å². The minimum Gasteiger partial charge on any atom is -0.480 e. The number of phosphoric acid groups is 1. The largest absolute Gasteiger partial charge is 0.480 e. The van der Waals surface area contributed by atoms with Crippen LogP contribution in [0, 0.1) is 0 Å². The summed E-state index contributed by atoms with van der Waals surface area (Å²) in [6, 6.07) is -1.52. The van der Waals surface area contributed by atoms with Crippen LogP contribution in [0.2, 0.25) is 0 Å². The second-order valence-electron chi connectivity index (χ2n) is 16.2. The molecule has 0 aromatic heterocycles. The van der Waals surface area contributed by atoms with Crippen LogP contribution in [0.4, 0.5) is 0 Å². The fourth-order valence-corrected chi connectivity index (χ4v) is 7.57. The zero-order valence-electron chi connectivity index (χ0n) is 37.2. The molecule has 0 rings (SSSR count). The molecule has 0 aromatic carbocycles. The van der Waals surface area contributed by atoms with Crippen LogP contribution in [0.1, 0.15) is 232 Å². The number of ether oxygens (including phenoxy) is 2. The lowest BCUT2D eigenvalue weighted by Gasteiger charge is -2.20. The molecule has 0 saturated carbocycles. The summed E-state index contributed by atoms with van der Waals surface area (Å²) >= 11 is 0. The predicted octanol–water partition coefficient (Wildman–Crippen LogP) is 12.8. The van der Waals surface area contributed by atoms with Gasteiger partial charge in [-0.15, -0.1) is 0 Å². The summed E-state index contributed by atoms with van der Waals surface area (Å²) in [6.07, 6.45) is 42.9. The fourth-order valence-electron chi connectivity index (χ4n) is 6.79. The van der Waals surface area contributed by atoms with Crippen molar-refractivity contribution in [3.63, 3.8) is 0 Å². The van der Waals surface area contributed by atoms with Gasteiger partial charge in [0.25, 0.3) is 0 Å². The maximum absolute atomic E-state index is 12.6. The van der Waals surface area contributed by atoms with Gasteiger partial charge < -0.3 is 25.2 Å². The quantitative estimate of drug-likeness (QED) is 0.0230. The standard InChI is InChI=1S/C46H88NO10P/c1-3-5-7-9-11-13-15-17-19-21-23-25-27-29-31-33-35-37-44(48)54-39-42(40-55-58(52,53)56-41-43(47)46(50)51)57-45(49)38-36-34-32-30-28-26-24-22-20-18-16-14-12-10-8-6-4-2/h32,34,42-43H,3-31,33,35-41,47H2,1-2H3,(H,50,51)(H,52,53)/b34-32-. The second kappa shape index (κ2) is 41.9. The second-order valence-corrected chi connectivity index (χ2v) is 17.7. The first-order chi connectivity index (χ1) is 28.1. The lowest BCUT2D eigenvalue weighted by molar-refractivity contribution is -0.161. The van der Waals surface area contributed by atoms with Crippen LogP contribution in [-0.2, 0) is 37.5 Å². The molecule has 342 valence electrons. The maximum Gasteiger partial charge on any atom is 0.472 e. The third kappa shape index (κ3) is 41.0. The van der Waals surface area contributed by atoms with Crippen molar-refractivity contribution in [1.29, 1.82) is 0 Å². The van der Waals surface area contributed by atoms with Gasteiger partial charge in [0.05, 0.1) is 13.2 Å². The molecule has 3 atom stereocenters. The predicted molar refractivity (Wildman–Crippen MR) is 236 cm³/mol. The molecule has 0 radical (unpaired) electrons. The van der Waals surface area contributed by atoms with Crippen LogP contribution >= 0.6 is 7.82 Å². The number of unbranched alkanes of at least 4 members (excludes halogenated alkanes) is 29. The number of carboxylic acid groups (broad SMARTS) is 1. The average molecular weight is 846 g/mol. The van der Waals surface area contributed by atoms with E-state index in [1.54, 1.807) is 0 Å². The van der Waals surface area contributed by atoms with Crippen molar-refractivity contribution in [2.24, 2.45) is 5.73 Å². The summed E-state index contributed by atoms with van der Waals surface area (Å²) in [4.78, 5) is 46.0. The number of carbonyl (C=O) groups excluding carboxylic acids is 2. The first kappa shape index (κ1) is 56.2. The Morgan fingerprint density at radius 1 is 0.517 bits per heavy atom. The molecule has 0 aliphatic heterocycles. The van der Waals surface area contributed by atoms with Crippen molar-refractivity contribution in [3.8, 4) is 0 Å². The van der Waals surface area contributed by atoms with Gasteiger partial charge in [0.2, 0.25) is 0 Å². The van der Waals surface area contributed by atoms with Gasteiger partial charge >= 0.3 is 25.7 Å². The van der Waals surface area contributed by atoms with E-state index < -0.39 is 51.1 Å². The van der Waals surface area contributed by atoms with E-state index in [0.29, 0.717) is 12.8 Å². The number of rotatable bonds is 45. The molecule has 0 fully saturated rings. The van der Waals surface area contributed by atoms with Crippen molar-refractivity contribution in [2.75, 3.05) is 19.8 Å². The Kier molecular flexibility index (Phi) is 40.6. The Bertz CT molecular complexity index is 1040. The SMILES string of the molecule is CCCCCCCCCCCCCCC/C=C\CCC(=O)OC(COC(=O)CCCCCCCCCCCCCCCCCCC)COP(=O)(O)OCC(N)C(=O)O. The van der Waals surface area contributed by atoms with E-state index in [1.807, 2.05) is 6.08 Å². The molecule has 0 saturated heterocycles. The van der Waals surface area contributed by atoms with Gasteiger partial charge in [0.15, 0.2) is 6.10 Å². The van der Waals surface area contributed by atoms with Gasteiger partial charge in [-0.1, -0.05) is 206 Å². The van der Waals surface area contributed by atoms with Crippen molar-refractivity contribution in [3.05, 3.63) is 12.2 Å². The summed E-state index contributed by atoms with van der Waals surface area (Å²) in [5, 5.41) is 8.90. The molecule has 0 aliphatic rings. The molecular formula is C46H88NO10P. The molecule has 0 aliphatic carbocycles. The molecule has 4 N–H and O–H groups in total. The van der Waals surface area contributed by atoms with Gasteiger partial charge in [-0.3, -0.25) is 23.4 Å². The Morgan fingerprint density at radius 3 is 1.33 bits per heavy atom. The molecule has 0 bridgehead atoms. The summed E-state index contributed by atoms with van der Waals surface area (Å²) in [5.41, 5.74) is 5.34. The average Bonchev–Trinajstić information content (AvgIpc) is 3.20. The van der Waals surface area contributed by atoms with Crippen molar-refractivity contribution in [1.82, 2.24) is 0 Å². The van der Waals surface area contributed by atoms with E-state index >= 15 is 0 Å². The minimum absolute atomic E-state index is 0.0829. The summed E-state index contributed by atoms with van der Waals surface area (Å²) in [7, 11) is -4.72. The molecule has 0 heterocycles. The van der Waals surface area contributed by atoms with Crippen LogP contribution < -0.4 is 5.73 Å². The summed E-state index contributed by atoms with van der Waals surface area (Å²) < 4.78 is 32.7. The van der Waals surface area contributed by atoms with E-state index in [9.17, 15) is 23.8 Å². The highest BCUT2D eigenvalue weighted by atomic mass is 31.2. The topological polar surface area (TPSA) is 172 Å². The number of allylic oxidation sites excluding steroid dienone is 2. The smallest absolute Gasteiger partial charge is 0.472 e. The number of nitrogens with two attached hydrogens (primary N) is 1. The number of carbonyl (C=O) groups is 3. The monoisotopic (exact) mass is 846 g/mol. The van der Waals surface area contributed by atoms with Crippen molar-refractivity contribution >= 4 is 25.7 Å². The number of esters is 2. The van der Waals surface area contributed by atoms with Gasteiger partial charge in [-0.05, 0) is 25.7 Å². The molecule has 11 nitrogen and oxygen atoms in total. The lowest BCUT2D eigenvalue weighted by atomic mass is 10.0. The van der Waals surface area contributed by atoms with Crippen LogP contribution in [0.25, 0.3) is 0 Å². The minimum atomic E-state index is -4.72. The number of aliphatic carboxylic acids is 1. The molecule has 0 spiro atoms. The Balaban J connectivity index is 4.31. The Labute approximate surface area is 354 Å². The van der Waals surface area contributed by atoms with E-state index in [0.717, 1.165) is 32.1 Å². The molecule has 0 amide bonds. The molecule has 3 unspecified atom stereocenters. The highest BCUT2D eigenvalue weighted by Crippen LogP contribution is 2.43. The summed E-state index contributed by atoms with van der Waals surface area (Å²) in [6.45, 7) is 2.81. The Hall–Kier alpha value is -1.78. The number of hydrogen-bond donors (Lipinski definition) is 3. The normalized spacial score (nSPS) is 13.7. The van der Waals surface area contributed by atoms with Crippen molar-refractivity contribution in [2.45, 2.75) is 244 Å². The molecule has 58 heavy (non-hydrogen) atoms. The maximum atomic E-state index is 12.6. The van der Waals surface area contributed by atoms with E-state index in [1.165, 1.54) is 161 Å². The van der Waals surface area contributed by atoms with Gasteiger partial charge in [0, 0.05) is 12.8 Å². The molecule has 0 aromatic rings. The van der Waals surface area contributed by atoms with Crippen LogP contribution in [0.15, 0.2) is 12.2 Å². The highest BCUT2D eigenvalue weighted by molar-refractivity contribution is 7.47. The third-order valence-corrected chi connectivity index (χ3v) is 11.5. The van der Waals surface area contributed by atoms with E-state index in [2.05, 4.69) is 24.4 Å². The third-order valence-electron chi connectivity index (χ3n) is 10.5. The van der Waals surface area contributed by atoms with Gasteiger partial charge in [0.1, 0.15) is 12.6 Å². The highest BCUT2D eigenvalue weighted by Gasteiger charge is 2.28. The zero-order valence-corrected chi connectivity index (χ0v) is 38.1. The van der Waals surface area contributed by atoms with Crippen LogP contribution in [0.3, 0.4) is 0 Å². The van der Waals surface area contributed by atoms with E-state index in [-0.39, 0.29) is 19.4 Å². The lowest BCUT2D eigenvalue weighted by Crippen LogP contribution is -2.34. The number of hydrogen-bond acceptors (Lipinski definition) is 9. The first-order valence-corrected chi connectivity index (χ1v) is 25.2. The molecule has 12 heteroatoms. The number of carboxylic acids is 1. The van der Waals surface area contributed by atoms with E-state index in [4.69, 9.17) is 24.8 Å². The first-order valence-electron chi connectivity index (χ1n) is 23.7. The Morgan fingerprint density at radius 2 is 0.897 bits per heavy atom. The van der Waals surface area contributed by atoms with Gasteiger partial charge in [-0.2, -0.15) is 0 Å². The fraction of sp³-hybridized carbons (Fsp3) is 0.891. The van der Waals surface area contributed by atoms with Gasteiger partial charge in [-0.25, -0.2) is 4.57 Å².